The molecule has 0 aromatic rings. The average Bonchev–Trinajstić information content (AvgIpc) is 2.03. The van der Waals surface area contributed by atoms with Gasteiger partial charge in [-0.2, -0.15) is 0 Å². The molecule has 3 saturated carbocycles. The first-order valence-electron chi connectivity index (χ1n) is 4.78. The first kappa shape index (κ1) is 8.09. The zero-order valence-electron chi connectivity index (χ0n) is 8.04. The molecule has 0 amide bonds. The van der Waals surface area contributed by atoms with Crippen molar-refractivity contribution in [3.8, 4) is 0 Å². The molecule has 0 aromatic heterocycles. The highest BCUT2D eigenvalue weighted by Gasteiger charge is 2.55. The van der Waals surface area contributed by atoms with Crippen LogP contribution in [0, 0.1) is 23.2 Å². The summed E-state index contributed by atoms with van der Waals surface area (Å²) in [6.45, 7) is 6.88. The molecule has 2 nitrogen and oxygen atoms in total. The highest BCUT2D eigenvalue weighted by atomic mass is 16.4. The first-order valence-corrected chi connectivity index (χ1v) is 4.78. The molecule has 0 heterocycles. The van der Waals surface area contributed by atoms with Crippen molar-refractivity contribution in [3.63, 3.8) is 0 Å². The summed E-state index contributed by atoms with van der Waals surface area (Å²) >= 11 is 0. The fourth-order valence-electron chi connectivity index (χ4n) is 3.05. The largest absolute Gasteiger partial charge is 0.411 e. The normalized spacial score (nSPS) is 47.2. The van der Waals surface area contributed by atoms with E-state index >= 15 is 0 Å². The number of hydrogen-bond donors (Lipinski definition) is 1. The van der Waals surface area contributed by atoms with Gasteiger partial charge < -0.3 is 5.21 Å². The van der Waals surface area contributed by atoms with Crippen molar-refractivity contribution in [2.75, 3.05) is 0 Å². The molecule has 1 N–H and O–H groups in total. The maximum Gasteiger partial charge on any atom is 0.0604 e. The van der Waals surface area contributed by atoms with Gasteiger partial charge in [0.25, 0.3) is 0 Å². The number of fused-ring (bicyclic) bond motifs is 2. The summed E-state index contributed by atoms with van der Waals surface area (Å²) in [5, 5.41) is 12.1. The molecule has 3 fully saturated rings. The van der Waals surface area contributed by atoms with Crippen LogP contribution in [0.2, 0.25) is 0 Å². The Morgan fingerprint density at radius 2 is 2.17 bits per heavy atom. The summed E-state index contributed by atoms with van der Waals surface area (Å²) in [6, 6.07) is 0. The third-order valence-corrected chi connectivity index (χ3v) is 4.26. The van der Waals surface area contributed by atoms with Crippen LogP contribution >= 0.6 is 0 Å². The molecular formula is C10H17NO. The molecule has 3 aliphatic rings. The van der Waals surface area contributed by atoms with Crippen molar-refractivity contribution in [3.05, 3.63) is 0 Å². The fourth-order valence-corrected chi connectivity index (χ4v) is 3.05. The molecule has 3 rings (SSSR count). The zero-order chi connectivity index (χ0) is 8.93. The Hall–Kier alpha value is -0.530. The van der Waals surface area contributed by atoms with Crippen molar-refractivity contribution < 1.29 is 5.21 Å². The number of oxime groups is 1. The SMILES string of the molecule is CC1C(=NO)C[C@@H]2C[C@H]1C2(C)C. The predicted octanol–water partition coefficient (Wildman–Crippen LogP) is 2.52. The lowest BCUT2D eigenvalue weighted by Gasteiger charge is -2.59. The van der Waals surface area contributed by atoms with Gasteiger partial charge in [-0.25, -0.2) is 0 Å². The van der Waals surface area contributed by atoms with Crippen molar-refractivity contribution in [2.45, 2.75) is 33.6 Å². The monoisotopic (exact) mass is 167 g/mol. The van der Waals surface area contributed by atoms with Crippen LogP contribution < -0.4 is 0 Å². The van der Waals surface area contributed by atoms with E-state index in [9.17, 15) is 0 Å². The van der Waals surface area contributed by atoms with E-state index in [-0.39, 0.29) is 0 Å². The molecule has 1 unspecified atom stereocenters. The molecule has 68 valence electrons. The maximum atomic E-state index is 8.76. The van der Waals surface area contributed by atoms with Crippen LogP contribution in [-0.4, -0.2) is 10.9 Å². The van der Waals surface area contributed by atoms with E-state index in [1.54, 1.807) is 0 Å². The zero-order valence-corrected chi connectivity index (χ0v) is 8.04. The molecule has 0 spiro atoms. The van der Waals surface area contributed by atoms with Gasteiger partial charge in [0.15, 0.2) is 0 Å². The standard InChI is InChI=1S/C10H17NO/c1-6-8-4-7(10(8,2)3)5-9(6)11-12/h6-8,12H,4-5H2,1-3H3/t6?,7-,8+/m0/s1. The molecule has 12 heavy (non-hydrogen) atoms. The van der Waals surface area contributed by atoms with Gasteiger partial charge in [0.2, 0.25) is 0 Å². The van der Waals surface area contributed by atoms with Gasteiger partial charge in [0.05, 0.1) is 5.71 Å². The molecule has 2 heteroatoms. The minimum absolute atomic E-state index is 0.494. The second-order valence-corrected chi connectivity index (χ2v) is 4.94. The Morgan fingerprint density at radius 1 is 1.50 bits per heavy atom. The summed E-state index contributed by atoms with van der Waals surface area (Å²) in [7, 11) is 0. The minimum Gasteiger partial charge on any atom is -0.411 e. The molecule has 0 aromatic carbocycles. The minimum atomic E-state index is 0.494. The lowest BCUT2D eigenvalue weighted by molar-refractivity contribution is -0.0534. The number of rotatable bonds is 0. The van der Waals surface area contributed by atoms with E-state index in [1.807, 2.05) is 0 Å². The molecule has 3 aliphatic carbocycles. The van der Waals surface area contributed by atoms with Gasteiger partial charge in [-0.05, 0) is 30.1 Å². The van der Waals surface area contributed by atoms with Crippen LogP contribution in [0.4, 0.5) is 0 Å². The summed E-state index contributed by atoms with van der Waals surface area (Å²) in [5.41, 5.74) is 1.52. The van der Waals surface area contributed by atoms with E-state index < -0.39 is 0 Å². The third kappa shape index (κ3) is 0.782. The van der Waals surface area contributed by atoms with Gasteiger partial charge in [0, 0.05) is 5.92 Å². The topological polar surface area (TPSA) is 32.6 Å². The maximum absolute atomic E-state index is 8.76. The second-order valence-electron chi connectivity index (χ2n) is 4.94. The van der Waals surface area contributed by atoms with Gasteiger partial charge in [-0.15, -0.1) is 0 Å². The first-order chi connectivity index (χ1) is 5.57. The van der Waals surface area contributed by atoms with Crippen LogP contribution in [0.5, 0.6) is 0 Å². The van der Waals surface area contributed by atoms with Crippen molar-refractivity contribution in [2.24, 2.45) is 28.3 Å². The molecule has 0 radical (unpaired) electrons. The van der Waals surface area contributed by atoms with Crippen LogP contribution in [-0.2, 0) is 0 Å². The Bertz CT molecular complexity index is 232. The summed E-state index contributed by atoms with van der Waals surface area (Å²) in [5.74, 6) is 2.02. The number of hydrogen-bond acceptors (Lipinski definition) is 2. The van der Waals surface area contributed by atoms with E-state index in [4.69, 9.17) is 5.21 Å². The van der Waals surface area contributed by atoms with E-state index in [1.165, 1.54) is 6.42 Å². The third-order valence-electron chi connectivity index (χ3n) is 4.26. The lowest BCUT2D eigenvalue weighted by atomic mass is 9.45. The van der Waals surface area contributed by atoms with Crippen LogP contribution in [0.25, 0.3) is 0 Å². The average molecular weight is 167 g/mol. The Labute approximate surface area is 73.7 Å². The predicted molar refractivity (Wildman–Crippen MR) is 48.4 cm³/mol. The molecule has 0 saturated heterocycles. The quantitative estimate of drug-likeness (QED) is 0.436. The fraction of sp³-hybridized carbons (Fsp3) is 0.900. The van der Waals surface area contributed by atoms with Gasteiger partial charge in [-0.3, -0.25) is 0 Å². The lowest BCUT2D eigenvalue weighted by Crippen LogP contribution is -2.55. The van der Waals surface area contributed by atoms with E-state index in [0.717, 1.165) is 24.0 Å². The van der Waals surface area contributed by atoms with Crippen LogP contribution in [0.3, 0.4) is 0 Å². The van der Waals surface area contributed by atoms with Crippen molar-refractivity contribution in [1.29, 1.82) is 0 Å². The Morgan fingerprint density at radius 3 is 2.58 bits per heavy atom. The Kier molecular flexibility index (Phi) is 1.51. The summed E-state index contributed by atoms with van der Waals surface area (Å²) in [4.78, 5) is 0. The highest BCUT2D eigenvalue weighted by molar-refractivity contribution is 5.88. The van der Waals surface area contributed by atoms with Crippen molar-refractivity contribution >= 4 is 5.71 Å². The van der Waals surface area contributed by atoms with Gasteiger partial charge >= 0.3 is 0 Å². The van der Waals surface area contributed by atoms with Crippen molar-refractivity contribution in [1.82, 2.24) is 0 Å². The van der Waals surface area contributed by atoms with E-state index in [2.05, 4.69) is 25.9 Å². The Balaban J connectivity index is 2.22. The molecule has 3 atom stereocenters. The molecule has 0 aliphatic heterocycles. The van der Waals surface area contributed by atoms with Gasteiger partial charge in [0.1, 0.15) is 0 Å². The number of nitrogens with zero attached hydrogens (tertiary/aromatic N) is 1. The van der Waals surface area contributed by atoms with Gasteiger partial charge in [-0.1, -0.05) is 25.9 Å². The molecular weight excluding hydrogens is 150 g/mol. The van der Waals surface area contributed by atoms with Crippen LogP contribution in [0.15, 0.2) is 5.16 Å². The summed E-state index contributed by atoms with van der Waals surface area (Å²) < 4.78 is 0. The highest BCUT2D eigenvalue weighted by Crippen LogP contribution is 2.60. The summed E-state index contributed by atoms with van der Waals surface area (Å²) in [6.07, 6.45) is 2.36. The van der Waals surface area contributed by atoms with E-state index in [0.29, 0.717) is 11.3 Å². The second kappa shape index (κ2) is 2.24. The smallest absolute Gasteiger partial charge is 0.0604 e. The molecule has 2 bridgehead atoms. The van der Waals surface area contributed by atoms with Crippen LogP contribution in [0.1, 0.15) is 33.6 Å².